The third-order valence-corrected chi connectivity index (χ3v) is 4.20. The Morgan fingerprint density at radius 2 is 1.48 bits per heavy atom. The molecule has 0 radical (unpaired) electrons. The van der Waals surface area contributed by atoms with E-state index in [1.807, 2.05) is 48.5 Å². The number of nitrogens with one attached hydrogen (secondary N) is 2. The summed E-state index contributed by atoms with van der Waals surface area (Å²) in [4.78, 5) is 12.0. The minimum Gasteiger partial charge on any atom is -0.497 e. The van der Waals surface area contributed by atoms with Gasteiger partial charge in [-0.05, 0) is 55.0 Å². The Morgan fingerprint density at radius 1 is 0.852 bits per heavy atom. The van der Waals surface area contributed by atoms with Crippen molar-refractivity contribution in [1.29, 1.82) is 0 Å². The van der Waals surface area contributed by atoms with Gasteiger partial charge in [0.2, 0.25) is 5.91 Å². The highest BCUT2D eigenvalue weighted by Gasteiger charge is 2.03. The van der Waals surface area contributed by atoms with Crippen molar-refractivity contribution in [3.8, 4) is 11.5 Å². The average Bonchev–Trinajstić information content (AvgIpc) is 2.70. The van der Waals surface area contributed by atoms with E-state index < -0.39 is 0 Å². The van der Waals surface area contributed by atoms with Gasteiger partial charge >= 0.3 is 0 Å². The lowest BCUT2D eigenvalue weighted by atomic mass is 10.2. The molecule has 0 fully saturated rings. The van der Waals surface area contributed by atoms with Crippen molar-refractivity contribution < 1.29 is 14.3 Å². The van der Waals surface area contributed by atoms with Gasteiger partial charge in [0.25, 0.3) is 0 Å². The first kappa shape index (κ1) is 20.6. The Balaban J connectivity index is 1.67. The van der Waals surface area contributed by atoms with E-state index >= 15 is 0 Å². The number of anilines is 2. The van der Waals surface area contributed by atoms with E-state index in [1.165, 1.54) is 25.7 Å². The van der Waals surface area contributed by atoms with Crippen LogP contribution in [0.4, 0.5) is 11.4 Å². The lowest BCUT2D eigenvalue weighted by Crippen LogP contribution is -2.21. The quantitative estimate of drug-likeness (QED) is 0.511. The maximum atomic E-state index is 12.0. The van der Waals surface area contributed by atoms with Crippen molar-refractivity contribution in [3.63, 3.8) is 0 Å². The molecule has 27 heavy (non-hydrogen) atoms. The fourth-order valence-electron chi connectivity index (χ4n) is 2.63. The van der Waals surface area contributed by atoms with Crippen LogP contribution in [0, 0.1) is 0 Å². The molecule has 0 spiro atoms. The number of carbonyl (C=O) groups is 1. The first-order valence-corrected chi connectivity index (χ1v) is 9.62. The summed E-state index contributed by atoms with van der Waals surface area (Å²) in [6, 6.07) is 14.9. The Hall–Kier alpha value is -2.69. The lowest BCUT2D eigenvalue weighted by Gasteiger charge is -2.10. The minimum absolute atomic E-state index is 0.104. The molecule has 0 saturated heterocycles. The van der Waals surface area contributed by atoms with Crippen LogP contribution in [0.2, 0.25) is 0 Å². The monoisotopic (exact) mass is 370 g/mol. The zero-order chi connectivity index (χ0) is 19.3. The van der Waals surface area contributed by atoms with Crippen LogP contribution in [0.1, 0.15) is 39.0 Å². The first-order valence-electron chi connectivity index (χ1n) is 9.62. The molecule has 0 atom stereocenters. The minimum atomic E-state index is -0.104. The van der Waals surface area contributed by atoms with Gasteiger partial charge < -0.3 is 20.1 Å². The fourth-order valence-corrected chi connectivity index (χ4v) is 2.63. The number of ether oxygens (including phenoxy) is 2. The van der Waals surface area contributed by atoms with E-state index in [4.69, 9.17) is 9.47 Å². The fraction of sp³-hybridized carbons (Fsp3) is 0.409. The number of benzene rings is 2. The standard InChI is InChI=1S/C22H30N2O3/c1-3-4-5-6-7-16-27-21-14-8-18(9-15-21)23-17-22(25)24-19-10-12-20(26-2)13-11-19/h8-15,23H,3-7,16-17H2,1-2H3,(H,24,25). The van der Waals surface area contributed by atoms with Gasteiger partial charge in [-0.2, -0.15) is 0 Å². The molecule has 2 aromatic carbocycles. The summed E-state index contributed by atoms with van der Waals surface area (Å²) in [6.07, 6.45) is 6.14. The van der Waals surface area contributed by atoms with E-state index in [9.17, 15) is 4.79 Å². The predicted molar refractivity (Wildman–Crippen MR) is 111 cm³/mol. The molecule has 0 aromatic heterocycles. The van der Waals surface area contributed by atoms with Crippen LogP contribution in [0.5, 0.6) is 11.5 Å². The van der Waals surface area contributed by atoms with Crippen LogP contribution in [-0.2, 0) is 4.79 Å². The molecule has 0 aliphatic heterocycles. The molecular formula is C22H30N2O3. The number of unbranched alkanes of at least 4 members (excludes halogenated alkanes) is 4. The highest BCUT2D eigenvalue weighted by atomic mass is 16.5. The summed E-state index contributed by atoms with van der Waals surface area (Å²) < 4.78 is 10.8. The number of hydrogen-bond acceptors (Lipinski definition) is 4. The van der Waals surface area contributed by atoms with Gasteiger partial charge in [-0.1, -0.05) is 32.6 Å². The Bertz CT molecular complexity index is 669. The smallest absolute Gasteiger partial charge is 0.243 e. The highest BCUT2D eigenvalue weighted by molar-refractivity contribution is 5.93. The van der Waals surface area contributed by atoms with Crippen molar-refractivity contribution in [2.45, 2.75) is 39.0 Å². The summed E-state index contributed by atoms with van der Waals surface area (Å²) in [6.45, 7) is 3.17. The molecule has 5 heteroatoms. The molecular weight excluding hydrogens is 340 g/mol. The maximum Gasteiger partial charge on any atom is 0.243 e. The van der Waals surface area contributed by atoms with Crippen LogP contribution < -0.4 is 20.1 Å². The zero-order valence-corrected chi connectivity index (χ0v) is 16.3. The molecule has 2 rings (SSSR count). The van der Waals surface area contributed by atoms with Crippen molar-refractivity contribution in [3.05, 3.63) is 48.5 Å². The molecule has 1 amide bonds. The summed E-state index contributed by atoms with van der Waals surface area (Å²) in [5.41, 5.74) is 1.63. The largest absolute Gasteiger partial charge is 0.497 e. The van der Waals surface area contributed by atoms with Crippen LogP contribution in [0.25, 0.3) is 0 Å². The molecule has 0 aliphatic carbocycles. The zero-order valence-electron chi connectivity index (χ0n) is 16.3. The van der Waals surface area contributed by atoms with E-state index in [0.29, 0.717) is 0 Å². The first-order chi connectivity index (χ1) is 13.2. The Labute approximate surface area is 162 Å². The van der Waals surface area contributed by atoms with Gasteiger partial charge in [0.1, 0.15) is 11.5 Å². The van der Waals surface area contributed by atoms with Crippen molar-refractivity contribution in [1.82, 2.24) is 0 Å². The molecule has 0 aliphatic rings. The van der Waals surface area contributed by atoms with Crippen LogP contribution in [0.15, 0.2) is 48.5 Å². The topological polar surface area (TPSA) is 59.6 Å². The highest BCUT2D eigenvalue weighted by Crippen LogP contribution is 2.17. The molecule has 2 aromatic rings. The number of rotatable bonds is 12. The van der Waals surface area contributed by atoms with Crippen LogP contribution in [-0.4, -0.2) is 26.2 Å². The van der Waals surface area contributed by atoms with E-state index in [2.05, 4.69) is 17.6 Å². The lowest BCUT2D eigenvalue weighted by molar-refractivity contribution is -0.114. The molecule has 0 bridgehead atoms. The van der Waals surface area contributed by atoms with Crippen LogP contribution >= 0.6 is 0 Å². The van der Waals surface area contributed by atoms with Crippen molar-refractivity contribution in [2.24, 2.45) is 0 Å². The Morgan fingerprint density at radius 3 is 2.15 bits per heavy atom. The van der Waals surface area contributed by atoms with Crippen molar-refractivity contribution in [2.75, 3.05) is 30.9 Å². The number of carbonyl (C=O) groups excluding carboxylic acids is 1. The Kier molecular flexibility index (Phi) is 9.04. The van der Waals surface area contributed by atoms with E-state index in [1.54, 1.807) is 7.11 Å². The van der Waals surface area contributed by atoms with Gasteiger partial charge in [-0.15, -0.1) is 0 Å². The summed E-state index contributed by atoms with van der Waals surface area (Å²) in [5.74, 6) is 1.51. The molecule has 0 heterocycles. The molecule has 0 saturated carbocycles. The second-order valence-corrected chi connectivity index (χ2v) is 6.42. The molecule has 2 N–H and O–H groups in total. The van der Waals surface area contributed by atoms with Gasteiger partial charge in [-0.3, -0.25) is 4.79 Å². The van der Waals surface area contributed by atoms with E-state index in [-0.39, 0.29) is 12.5 Å². The normalized spacial score (nSPS) is 10.3. The van der Waals surface area contributed by atoms with Gasteiger partial charge in [0.15, 0.2) is 0 Å². The van der Waals surface area contributed by atoms with Gasteiger partial charge in [0, 0.05) is 11.4 Å². The molecule has 5 nitrogen and oxygen atoms in total. The SMILES string of the molecule is CCCCCCCOc1ccc(NCC(=O)Nc2ccc(OC)cc2)cc1. The molecule has 146 valence electrons. The summed E-state index contributed by atoms with van der Waals surface area (Å²) >= 11 is 0. The molecule has 0 unspecified atom stereocenters. The number of amides is 1. The van der Waals surface area contributed by atoms with Gasteiger partial charge in [-0.25, -0.2) is 0 Å². The third kappa shape index (κ3) is 8.03. The second-order valence-electron chi connectivity index (χ2n) is 6.42. The number of hydrogen-bond donors (Lipinski definition) is 2. The maximum absolute atomic E-state index is 12.0. The average molecular weight is 370 g/mol. The van der Waals surface area contributed by atoms with E-state index in [0.717, 1.165) is 35.9 Å². The predicted octanol–water partition coefficient (Wildman–Crippen LogP) is 5.10. The second kappa shape index (κ2) is 11.8. The van der Waals surface area contributed by atoms with Gasteiger partial charge in [0.05, 0.1) is 20.3 Å². The summed E-state index contributed by atoms with van der Waals surface area (Å²) in [5, 5.41) is 5.95. The summed E-state index contributed by atoms with van der Waals surface area (Å²) in [7, 11) is 1.61. The van der Waals surface area contributed by atoms with Crippen LogP contribution in [0.3, 0.4) is 0 Å². The number of methoxy groups -OCH3 is 1. The van der Waals surface area contributed by atoms with Crippen molar-refractivity contribution >= 4 is 17.3 Å². The third-order valence-electron chi connectivity index (χ3n) is 4.20.